The van der Waals surface area contributed by atoms with Gasteiger partial charge >= 0.3 is 0 Å². The third-order valence-electron chi connectivity index (χ3n) is 6.72. The molecular formula is C33H20ClN3O. The van der Waals surface area contributed by atoms with Crippen LogP contribution >= 0.6 is 11.6 Å². The highest BCUT2D eigenvalue weighted by molar-refractivity contribution is 6.28. The Morgan fingerprint density at radius 2 is 1.05 bits per heavy atom. The summed E-state index contributed by atoms with van der Waals surface area (Å²) in [5, 5.41) is 2.35. The molecule has 7 rings (SSSR count). The standard InChI is InChI=1S/C33H20ClN3O/c34-33-36-31(23-16-14-22(15-17-23)21-8-2-1-3-9-21)35-32(37-33)28-12-5-4-10-25(28)24-18-19-27-26-11-6-7-13-29(26)38-30(27)20-24/h1-20H. The average molecular weight is 510 g/mol. The lowest BCUT2D eigenvalue weighted by atomic mass is 9.98. The molecule has 0 unspecified atom stereocenters. The Kier molecular flexibility index (Phi) is 5.46. The molecule has 0 amide bonds. The summed E-state index contributed by atoms with van der Waals surface area (Å²) in [6.07, 6.45) is 0. The largest absolute Gasteiger partial charge is 0.456 e. The Morgan fingerprint density at radius 3 is 1.89 bits per heavy atom. The van der Waals surface area contributed by atoms with E-state index in [4.69, 9.17) is 21.0 Å². The Balaban J connectivity index is 1.30. The van der Waals surface area contributed by atoms with Gasteiger partial charge in [0.1, 0.15) is 11.2 Å². The van der Waals surface area contributed by atoms with E-state index in [0.29, 0.717) is 11.6 Å². The SMILES string of the molecule is Clc1nc(-c2ccc(-c3ccccc3)cc2)nc(-c2ccccc2-c2ccc3c(c2)oc2ccccc23)n1. The number of rotatable bonds is 4. The van der Waals surface area contributed by atoms with Crippen molar-refractivity contribution in [2.24, 2.45) is 0 Å². The topological polar surface area (TPSA) is 51.8 Å². The van der Waals surface area contributed by atoms with Gasteiger partial charge in [-0.15, -0.1) is 0 Å². The highest BCUT2D eigenvalue weighted by Crippen LogP contribution is 2.36. The van der Waals surface area contributed by atoms with Crippen molar-refractivity contribution in [3.63, 3.8) is 0 Å². The van der Waals surface area contributed by atoms with Gasteiger partial charge in [0.05, 0.1) is 0 Å². The van der Waals surface area contributed by atoms with Gasteiger partial charge in [0.2, 0.25) is 5.28 Å². The summed E-state index contributed by atoms with van der Waals surface area (Å²) in [5.74, 6) is 1.05. The van der Waals surface area contributed by atoms with Crippen molar-refractivity contribution >= 4 is 33.5 Å². The van der Waals surface area contributed by atoms with Gasteiger partial charge < -0.3 is 4.42 Å². The Morgan fingerprint density at radius 1 is 0.447 bits per heavy atom. The third kappa shape index (κ3) is 4.01. The molecule has 0 aliphatic heterocycles. The first-order valence-electron chi connectivity index (χ1n) is 12.3. The number of fused-ring (bicyclic) bond motifs is 3. The maximum Gasteiger partial charge on any atom is 0.226 e. The van der Waals surface area contributed by atoms with Crippen LogP contribution in [-0.4, -0.2) is 15.0 Å². The summed E-state index contributed by atoms with van der Waals surface area (Å²) in [4.78, 5) is 13.8. The number of halogens is 1. The molecule has 5 aromatic carbocycles. The van der Waals surface area contributed by atoms with Gasteiger partial charge in [-0.3, -0.25) is 0 Å². The molecule has 38 heavy (non-hydrogen) atoms. The first kappa shape index (κ1) is 22.4. The van der Waals surface area contributed by atoms with E-state index in [1.165, 1.54) is 0 Å². The summed E-state index contributed by atoms with van der Waals surface area (Å²) >= 11 is 6.42. The third-order valence-corrected chi connectivity index (χ3v) is 6.89. The molecule has 0 saturated heterocycles. The molecule has 0 aliphatic carbocycles. The molecule has 2 heterocycles. The van der Waals surface area contributed by atoms with E-state index in [2.05, 4.69) is 64.6 Å². The van der Waals surface area contributed by atoms with Crippen LogP contribution in [0.1, 0.15) is 0 Å². The number of furan rings is 1. The number of hydrogen-bond donors (Lipinski definition) is 0. The molecule has 4 nitrogen and oxygen atoms in total. The van der Waals surface area contributed by atoms with Gasteiger partial charge in [-0.05, 0) is 52.1 Å². The van der Waals surface area contributed by atoms with Gasteiger partial charge in [0.15, 0.2) is 11.6 Å². The van der Waals surface area contributed by atoms with Crippen molar-refractivity contribution in [2.45, 2.75) is 0 Å². The molecule has 2 aromatic heterocycles. The molecule has 180 valence electrons. The van der Waals surface area contributed by atoms with Crippen molar-refractivity contribution in [1.82, 2.24) is 15.0 Å². The molecule has 0 bridgehead atoms. The van der Waals surface area contributed by atoms with E-state index in [1.807, 2.05) is 66.7 Å². The van der Waals surface area contributed by atoms with Gasteiger partial charge in [-0.1, -0.05) is 103 Å². The fraction of sp³-hybridized carbons (Fsp3) is 0. The van der Waals surface area contributed by atoms with Gasteiger partial charge in [-0.25, -0.2) is 4.98 Å². The van der Waals surface area contributed by atoms with Crippen LogP contribution in [0.4, 0.5) is 0 Å². The predicted molar refractivity (Wildman–Crippen MR) is 154 cm³/mol. The minimum Gasteiger partial charge on any atom is -0.456 e. The van der Waals surface area contributed by atoms with Crippen LogP contribution in [0.25, 0.3) is 67.0 Å². The highest BCUT2D eigenvalue weighted by atomic mass is 35.5. The molecule has 0 saturated carbocycles. The van der Waals surface area contributed by atoms with E-state index >= 15 is 0 Å². The van der Waals surface area contributed by atoms with E-state index in [9.17, 15) is 0 Å². The first-order chi connectivity index (χ1) is 18.7. The smallest absolute Gasteiger partial charge is 0.226 e. The quantitative estimate of drug-likeness (QED) is 0.237. The lowest BCUT2D eigenvalue weighted by Gasteiger charge is -2.11. The lowest BCUT2D eigenvalue weighted by molar-refractivity contribution is 0.669. The van der Waals surface area contributed by atoms with E-state index < -0.39 is 0 Å². The molecule has 0 atom stereocenters. The number of aromatic nitrogens is 3. The molecule has 0 aliphatic rings. The zero-order valence-corrected chi connectivity index (χ0v) is 20.9. The van der Waals surface area contributed by atoms with Crippen LogP contribution in [0.15, 0.2) is 126 Å². The van der Waals surface area contributed by atoms with Crippen molar-refractivity contribution in [2.75, 3.05) is 0 Å². The van der Waals surface area contributed by atoms with Gasteiger partial charge in [-0.2, -0.15) is 9.97 Å². The van der Waals surface area contributed by atoms with Crippen LogP contribution in [0.2, 0.25) is 5.28 Å². The van der Waals surface area contributed by atoms with Crippen molar-refractivity contribution in [3.8, 4) is 45.0 Å². The molecular weight excluding hydrogens is 490 g/mol. The summed E-state index contributed by atoms with van der Waals surface area (Å²) in [7, 11) is 0. The zero-order chi connectivity index (χ0) is 25.5. The molecule has 0 fully saturated rings. The number of benzene rings is 5. The Bertz CT molecular complexity index is 1930. The van der Waals surface area contributed by atoms with Crippen molar-refractivity contribution in [3.05, 3.63) is 127 Å². The number of nitrogens with zero attached hydrogens (tertiary/aromatic N) is 3. The van der Waals surface area contributed by atoms with Gasteiger partial charge in [0, 0.05) is 21.9 Å². The lowest BCUT2D eigenvalue weighted by Crippen LogP contribution is -1.98. The summed E-state index contributed by atoms with van der Waals surface area (Å²) in [5.41, 5.74) is 7.74. The monoisotopic (exact) mass is 509 g/mol. The number of para-hydroxylation sites is 1. The second-order valence-corrected chi connectivity index (χ2v) is 9.39. The van der Waals surface area contributed by atoms with E-state index in [-0.39, 0.29) is 5.28 Å². The second-order valence-electron chi connectivity index (χ2n) is 9.05. The number of hydrogen-bond acceptors (Lipinski definition) is 4. The second kappa shape index (κ2) is 9.25. The molecule has 0 radical (unpaired) electrons. The maximum absolute atomic E-state index is 6.42. The van der Waals surface area contributed by atoms with Crippen LogP contribution in [0.3, 0.4) is 0 Å². The summed E-state index contributed by atoms with van der Waals surface area (Å²) in [6.45, 7) is 0. The average Bonchev–Trinajstić information content (AvgIpc) is 3.35. The van der Waals surface area contributed by atoms with Crippen LogP contribution in [-0.2, 0) is 0 Å². The molecule has 5 heteroatoms. The van der Waals surface area contributed by atoms with Crippen LogP contribution in [0.5, 0.6) is 0 Å². The Hall–Kier alpha value is -4.80. The predicted octanol–water partition coefficient (Wildman–Crippen LogP) is 9.09. The summed E-state index contributed by atoms with van der Waals surface area (Å²) < 4.78 is 6.14. The fourth-order valence-corrected chi connectivity index (χ4v) is 5.03. The highest BCUT2D eigenvalue weighted by Gasteiger charge is 2.15. The van der Waals surface area contributed by atoms with Crippen molar-refractivity contribution < 1.29 is 4.42 Å². The normalized spacial score (nSPS) is 11.3. The first-order valence-corrected chi connectivity index (χ1v) is 12.7. The van der Waals surface area contributed by atoms with Crippen LogP contribution < -0.4 is 0 Å². The van der Waals surface area contributed by atoms with E-state index in [0.717, 1.165) is 55.3 Å². The van der Waals surface area contributed by atoms with E-state index in [1.54, 1.807) is 0 Å². The summed E-state index contributed by atoms with van der Waals surface area (Å²) in [6, 6.07) is 40.8. The molecule has 7 aromatic rings. The fourth-order valence-electron chi connectivity index (χ4n) is 4.87. The Labute approximate surface area is 224 Å². The minimum atomic E-state index is 0.152. The molecule has 0 spiro atoms. The van der Waals surface area contributed by atoms with Gasteiger partial charge in [0.25, 0.3) is 0 Å². The molecule has 0 N–H and O–H groups in total. The van der Waals surface area contributed by atoms with Crippen LogP contribution in [0, 0.1) is 0 Å². The van der Waals surface area contributed by atoms with Crippen molar-refractivity contribution in [1.29, 1.82) is 0 Å². The minimum absolute atomic E-state index is 0.152. The maximum atomic E-state index is 6.42. The zero-order valence-electron chi connectivity index (χ0n) is 20.2.